The van der Waals surface area contributed by atoms with Crippen LogP contribution in [0.4, 0.5) is 19.0 Å². The van der Waals surface area contributed by atoms with Gasteiger partial charge in [-0.05, 0) is 11.6 Å². The molecular weight excluding hydrogens is 253 g/mol. The van der Waals surface area contributed by atoms with Crippen LogP contribution in [0.2, 0.25) is 0 Å². The Bertz CT molecular complexity index is 506. The van der Waals surface area contributed by atoms with Crippen LogP contribution in [-0.4, -0.2) is 6.54 Å². The molecule has 2 nitrogen and oxygen atoms in total. The Morgan fingerprint density at radius 1 is 1.00 bits per heavy atom. The molecule has 0 unspecified atom stereocenters. The summed E-state index contributed by atoms with van der Waals surface area (Å²) in [6, 6.07) is 12.3. The van der Waals surface area contributed by atoms with Crippen molar-refractivity contribution < 1.29 is 18.2 Å². The van der Waals surface area contributed by atoms with Gasteiger partial charge in [-0.25, -0.2) is 4.98 Å². The van der Waals surface area contributed by atoms with Crippen LogP contribution in [-0.2, 0) is 12.6 Å². The minimum Gasteiger partial charge on any atom is -0.274 e. The molecule has 0 saturated carbocycles. The first-order chi connectivity index (χ1) is 9.05. The SMILES string of the molecule is FC(F)(F)c1ccc(NCCc2ccccc2)[nH+]c1. The number of aromatic nitrogens is 1. The summed E-state index contributed by atoms with van der Waals surface area (Å²) < 4.78 is 37.1. The fourth-order valence-corrected chi connectivity index (χ4v) is 1.70. The number of hydrogen-bond acceptors (Lipinski definition) is 1. The van der Waals surface area contributed by atoms with E-state index < -0.39 is 11.7 Å². The number of H-pyrrole nitrogens is 1. The van der Waals surface area contributed by atoms with Crippen molar-refractivity contribution in [3.05, 3.63) is 59.8 Å². The summed E-state index contributed by atoms with van der Waals surface area (Å²) in [5.41, 5.74) is 0.503. The predicted octanol–water partition coefficient (Wildman–Crippen LogP) is 3.17. The second-order valence-electron chi connectivity index (χ2n) is 4.15. The van der Waals surface area contributed by atoms with Gasteiger partial charge in [-0.3, -0.25) is 5.32 Å². The maximum atomic E-state index is 12.4. The first kappa shape index (κ1) is 13.4. The molecule has 1 aromatic carbocycles. The zero-order valence-corrected chi connectivity index (χ0v) is 10.2. The van der Waals surface area contributed by atoms with Gasteiger partial charge in [0.2, 0.25) is 0 Å². The summed E-state index contributed by atoms with van der Waals surface area (Å²) in [4.78, 5) is 2.60. The van der Waals surface area contributed by atoms with Gasteiger partial charge in [0.05, 0.1) is 12.1 Å². The van der Waals surface area contributed by atoms with E-state index in [-0.39, 0.29) is 0 Å². The summed E-state index contributed by atoms with van der Waals surface area (Å²) in [5.74, 6) is 0.573. The highest BCUT2D eigenvalue weighted by Crippen LogP contribution is 2.27. The molecule has 0 atom stereocenters. The topological polar surface area (TPSA) is 26.2 Å². The highest BCUT2D eigenvalue weighted by molar-refractivity contribution is 5.30. The van der Waals surface area contributed by atoms with Gasteiger partial charge in [-0.1, -0.05) is 30.3 Å². The quantitative estimate of drug-likeness (QED) is 0.904. The second-order valence-corrected chi connectivity index (χ2v) is 4.15. The molecule has 0 aliphatic carbocycles. The van der Waals surface area contributed by atoms with Crippen LogP contribution in [0, 0.1) is 0 Å². The highest BCUT2D eigenvalue weighted by atomic mass is 19.4. The molecule has 1 heterocycles. The Morgan fingerprint density at radius 2 is 1.74 bits per heavy atom. The lowest BCUT2D eigenvalue weighted by Crippen LogP contribution is -2.18. The minimum absolute atomic E-state index is 0.573. The van der Waals surface area contributed by atoms with Crippen LogP contribution in [0.5, 0.6) is 0 Å². The Hall–Kier alpha value is -2.04. The average molecular weight is 267 g/mol. The highest BCUT2D eigenvalue weighted by Gasteiger charge is 2.31. The minimum atomic E-state index is -4.31. The van der Waals surface area contributed by atoms with E-state index in [0.29, 0.717) is 12.4 Å². The van der Waals surface area contributed by atoms with Gasteiger partial charge in [0.15, 0.2) is 0 Å². The molecule has 2 rings (SSSR count). The number of benzene rings is 1. The summed E-state index contributed by atoms with van der Waals surface area (Å²) >= 11 is 0. The van der Waals surface area contributed by atoms with E-state index in [4.69, 9.17) is 0 Å². The van der Waals surface area contributed by atoms with Crippen LogP contribution in [0.15, 0.2) is 48.7 Å². The number of nitrogens with one attached hydrogen (secondary N) is 2. The first-order valence-electron chi connectivity index (χ1n) is 5.92. The van der Waals surface area contributed by atoms with Crippen molar-refractivity contribution >= 4 is 5.82 Å². The van der Waals surface area contributed by atoms with Gasteiger partial charge in [0.25, 0.3) is 5.82 Å². The molecule has 0 aliphatic rings. The van der Waals surface area contributed by atoms with Crippen molar-refractivity contribution in [1.29, 1.82) is 0 Å². The van der Waals surface area contributed by atoms with E-state index in [1.165, 1.54) is 11.6 Å². The number of aromatic amines is 1. The normalized spacial score (nSPS) is 11.3. The molecule has 1 aromatic heterocycles. The van der Waals surface area contributed by atoms with Crippen molar-refractivity contribution in [3.8, 4) is 0 Å². The summed E-state index contributed by atoms with van der Waals surface area (Å²) in [6.45, 7) is 0.659. The average Bonchev–Trinajstić information content (AvgIpc) is 2.39. The third-order valence-electron chi connectivity index (χ3n) is 2.71. The fraction of sp³-hybridized carbons (Fsp3) is 0.214. The maximum absolute atomic E-state index is 12.4. The zero-order valence-electron chi connectivity index (χ0n) is 10.2. The van der Waals surface area contributed by atoms with E-state index in [9.17, 15) is 13.2 Å². The van der Waals surface area contributed by atoms with E-state index in [1.54, 1.807) is 0 Å². The molecule has 0 bridgehead atoms. The van der Waals surface area contributed by atoms with Gasteiger partial charge in [0.1, 0.15) is 6.20 Å². The molecule has 0 saturated heterocycles. The zero-order chi connectivity index (χ0) is 13.7. The van der Waals surface area contributed by atoms with Crippen molar-refractivity contribution in [2.24, 2.45) is 0 Å². The van der Waals surface area contributed by atoms with Crippen molar-refractivity contribution in [2.75, 3.05) is 11.9 Å². The third kappa shape index (κ3) is 3.98. The predicted molar refractivity (Wildman–Crippen MR) is 66.6 cm³/mol. The molecule has 0 aliphatic heterocycles. The largest absolute Gasteiger partial charge is 0.419 e. The van der Waals surface area contributed by atoms with E-state index in [2.05, 4.69) is 10.3 Å². The molecule has 100 valence electrons. The number of pyridine rings is 1. The summed E-state index contributed by atoms with van der Waals surface area (Å²) in [5, 5.41) is 3.05. The maximum Gasteiger partial charge on any atom is 0.419 e. The van der Waals surface area contributed by atoms with Gasteiger partial charge in [-0.15, -0.1) is 0 Å². The van der Waals surface area contributed by atoms with Gasteiger partial charge >= 0.3 is 6.18 Å². The van der Waals surface area contributed by atoms with Gasteiger partial charge < -0.3 is 0 Å². The molecule has 0 radical (unpaired) electrons. The molecule has 0 fully saturated rings. The fourth-order valence-electron chi connectivity index (χ4n) is 1.70. The van der Waals surface area contributed by atoms with E-state index in [1.807, 2.05) is 30.3 Å². The molecule has 5 heteroatoms. The van der Waals surface area contributed by atoms with Crippen LogP contribution >= 0.6 is 0 Å². The Labute approximate surface area is 109 Å². The molecule has 2 N–H and O–H groups in total. The van der Waals surface area contributed by atoms with Crippen LogP contribution in [0.1, 0.15) is 11.1 Å². The second kappa shape index (κ2) is 5.73. The van der Waals surface area contributed by atoms with Gasteiger partial charge in [-0.2, -0.15) is 13.2 Å². The number of alkyl halides is 3. The Balaban J connectivity index is 1.87. The number of anilines is 1. The Kier molecular flexibility index (Phi) is 4.04. The number of hydrogen-bond donors (Lipinski definition) is 1. The third-order valence-corrected chi connectivity index (χ3v) is 2.71. The lowest BCUT2D eigenvalue weighted by atomic mass is 10.1. The van der Waals surface area contributed by atoms with Crippen molar-refractivity contribution in [1.82, 2.24) is 0 Å². The molecule has 2 aromatic rings. The van der Waals surface area contributed by atoms with Crippen LogP contribution in [0.3, 0.4) is 0 Å². The molecular formula is C14H14F3N2+. The Morgan fingerprint density at radius 3 is 2.32 bits per heavy atom. The van der Waals surface area contributed by atoms with Crippen molar-refractivity contribution in [3.63, 3.8) is 0 Å². The van der Waals surface area contributed by atoms with Crippen LogP contribution < -0.4 is 10.3 Å². The number of halogens is 3. The van der Waals surface area contributed by atoms with Crippen LogP contribution in [0.25, 0.3) is 0 Å². The molecule has 19 heavy (non-hydrogen) atoms. The molecule has 0 spiro atoms. The lowest BCUT2D eigenvalue weighted by molar-refractivity contribution is -0.364. The monoisotopic (exact) mass is 267 g/mol. The summed E-state index contributed by atoms with van der Waals surface area (Å²) in [6.07, 6.45) is -2.53. The van der Waals surface area contributed by atoms with Crippen molar-refractivity contribution in [2.45, 2.75) is 12.6 Å². The van der Waals surface area contributed by atoms with Gasteiger partial charge in [0, 0.05) is 12.5 Å². The standard InChI is InChI=1S/C14H13F3N2/c15-14(16,17)12-6-7-13(19-10-12)18-9-8-11-4-2-1-3-5-11/h1-7,10H,8-9H2,(H,18,19)/p+1. The first-order valence-corrected chi connectivity index (χ1v) is 5.92. The van der Waals surface area contributed by atoms with E-state index in [0.717, 1.165) is 18.7 Å². The van der Waals surface area contributed by atoms with E-state index >= 15 is 0 Å². The summed E-state index contributed by atoms with van der Waals surface area (Å²) in [7, 11) is 0. The molecule has 0 amide bonds. The lowest BCUT2D eigenvalue weighted by Gasteiger charge is -2.05. The number of rotatable bonds is 4. The smallest absolute Gasteiger partial charge is 0.274 e.